The van der Waals surface area contributed by atoms with Crippen molar-refractivity contribution < 1.29 is 14.6 Å². The molecule has 0 radical (unpaired) electrons. The number of hydrazone groups is 1. The van der Waals surface area contributed by atoms with E-state index in [1.54, 1.807) is 35.1 Å². The Balaban J connectivity index is 1.27. The number of ether oxygens (including phenoxy) is 1. The van der Waals surface area contributed by atoms with E-state index in [-0.39, 0.29) is 5.69 Å². The van der Waals surface area contributed by atoms with Gasteiger partial charge in [-0.1, -0.05) is 23.7 Å². The minimum absolute atomic E-state index is 0.265. The van der Waals surface area contributed by atoms with Gasteiger partial charge < -0.3 is 19.7 Å². The van der Waals surface area contributed by atoms with Crippen LogP contribution < -0.4 is 10.1 Å². The van der Waals surface area contributed by atoms with E-state index in [2.05, 4.69) is 23.5 Å². The number of allylic oxidation sites excluding steroid dienone is 3. The molecule has 48 heavy (non-hydrogen) atoms. The summed E-state index contributed by atoms with van der Waals surface area (Å²) in [5, 5.41) is 26.7. The number of carbonyl (C=O) groups is 1. The molecule has 3 aliphatic heterocycles. The van der Waals surface area contributed by atoms with Crippen LogP contribution >= 0.6 is 35.1 Å². The third kappa shape index (κ3) is 6.63. The van der Waals surface area contributed by atoms with Crippen molar-refractivity contribution in [3.05, 3.63) is 99.3 Å². The quantitative estimate of drug-likeness (QED) is 0.207. The first-order valence-corrected chi connectivity index (χ1v) is 18.6. The highest BCUT2D eigenvalue weighted by Gasteiger charge is 2.24. The molecule has 0 spiro atoms. The molecule has 3 aliphatic rings. The summed E-state index contributed by atoms with van der Waals surface area (Å²) in [4.78, 5) is 13.8. The highest BCUT2D eigenvalue weighted by atomic mass is 35.5. The maximum atomic E-state index is 12.7. The van der Waals surface area contributed by atoms with Crippen molar-refractivity contribution in [1.82, 2.24) is 19.4 Å². The molecule has 0 unspecified atom stereocenters. The van der Waals surface area contributed by atoms with Crippen LogP contribution in [0.25, 0.3) is 17.0 Å². The first kappa shape index (κ1) is 32.5. The van der Waals surface area contributed by atoms with Gasteiger partial charge in [-0.15, -0.1) is 23.5 Å². The Morgan fingerprint density at radius 2 is 1.96 bits per heavy atom. The van der Waals surface area contributed by atoms with Crippen molar-refractivity contribution in [3.8, 4) is 5.75 Å². The lowest BCUT2D eigenvalue weighted by atomic mass is 10.0. The summed E-state index contributed by atoms with van der Waals surface area (Å²) in [5.74, 6) is 2.22. The zero-order chi connectivity index (χ0) is 33.2. The van der Waals surface area contributed by atoms with Crippen LogP contribution in [0, 0.1) is 0 Å². The first-order valence-electron chi connectivity index (χ1n) is 16.0. The van der Waals surface area contributed by atoms with Crippen LogP contribution in [-0.2, 0) is 38.4 Å². The molecule has 0 fully saturated rings. The molecule has 0 saturated heterocycles. The first-order chi connectivity index (χ1) is 23.4. The standard InChI is InChI=1S/C36H37ClN6O3S2/c1-41-34-28-10-11-31(37)30(34)18-24-7-3-4-14-43(24)39-13-16-47-21-23-17-25(42(2)40-23)22-48-26-19-32-29(8-5-12-38-32)33(20-26)46-15-6-9-27(28)35(41)36(44)45/h3-4,7,10-11,13-14,17-20,38H,5-6,8-9,12,15-16,21-22H2,1-2H3,(H,44,45)/b24-18+,39-13+. The molecule has 248 valence electrons. The lowest BCUT2D eigenvalue weighted by Crippen LogP contribution is -2.14. The molecule has 4 aromatic rings. The van der Waals surface area contributed by atoms with Gasteiger partial charge in [0.25, 0.3) is 0 Å². The molecule has 0 aliphatic carbocycles. The van der Waals surface area contributed by atoms with Crippen molar-refractivity contribution in [3.63, 3.8) is 0 Å². The highest BCUT2D eigenvalue weighted by Crippen LogP contribution is 2.38. The molecule has 0 amide bonds. The van der Waals surface area contributed by atoms with Gasteiger partial charge in [0, 0.05) is 83.1 Å². The summed E-state index contributed by atoms with van der Waals surface area (Å²) in [7, 11) is 3.80. The normalized spacial score (nSPS) is 18.6. The number of nitrogens with zero attached hydrogens (tertiary/aromatic N) is 5. The van der Waals surface area contributed by atoms with Crippen LogP contribution in [0.15, 0.2) is 70.5 Å². The predicted octanol–water partition coefficient (Wildman–Crippen LogP) is 7.88. The monoisotopic (exact) mass is 700 g/mol. The minimum atomic E-state index is -0.966. The molecule has 0 atom stereocenters. The maximum absolute atomic E-state index is 12.7. The number of anilines is 1. The van der Waals surface area contributed by atoms with E-state index in [9.17, 15) is 9.90 Å². The molecule has 7 rings (SSSR count). The Kier molecular flexibility index (Phi) is 9.61. The van der Waals surface area contributed by atoms with E-state index in [4.69, 9.17) is 26.5 Å². The molecule has 2 aromatic carbocycles. The smallest absolute Gasteiger partial charge is 0.352 e. The fraction of sp³-hybridized carbons (Fsp3) is 0.306. The number of thioether (sulfide) groups is 2. The van der Waals surface area contributed by atoms with E-state index in [1.165, 1.54) is 5.56 Å². The van der Waals surface area contributed by atoms with Gasteiger partial charge in [-0.05, 0) is 73.7 Å². The van der Waals surface area contributed by atoms with Crippen LogP contribution in [0.2, 0.25) is 5.02 Å². The number of aryl methyl sites for hydroxylation is 3. The number of aromatic carboxylic acids is 1. The van der Waals surface area contributed by atoms with Crippen LogP contribution in [0.1, 0.15) is 51.4 Å². The zero-order valence-electron chi connectivity index (χ0n) is 26.9. The van der Waals surface area contributed by atoms with E-state index >= 15 is 0 Å². The number of halogens is 1. The van der Waals surface area contributed by atoms with Gasteiger partial charge >= 0.3 is 5.97 Å². The Hall–Kier alpha value is -4.06. The Labute approximate surface area is 293 Å². The van der Waals surface area contributed by atoms with Crippen molar-refractivity contribution in [1.29, 1.82) is 0 Å². The molecular formula is C36H37ClN6O3S2. The number of carboxylic acid groups (broad SMARTS) is 1. The Morgan fingerprint density at radius 1 is 1.08 bits per heavy atom. The summed E-state index contributed by atoms with van der Waals surface area (Å²) >= 11 is 10.4. The number of rotatable bonds is 1. The van der Waals surface area contributed by atoms with Crippen molar-refractivity contribution in [2.24, 2.45) is 19.2 Å². The largest absolute Gasteiger partial charge is 0.493 e. The Bertz CT molecular complexity index is 2010. The lowest BCUT2D eigenvalue weighted by molar-refractivity contribution is 0.0685. The summed E-state index contributed by atoms with van der Waals surface area (Å²) in [6.45, 7) is 1.41. The topological polar surface area (TPSA) is 96.9 Å². The second-order valence-corrected chi connectivity index (χ2v) is 14.4. The number of carboxylic acids is 1. The zero-order valence-corrected chi connectivity index (χ0v) is 29.3. The van der Waals surface area contributed by atoms with Gasteiger partial charge in [-0.25, -0.2) is 9.80 Å². The molecule has 2 N–H and O–H groups in total. The van der Waals surface area contributed by atoms with E-state index in [0.717, 1.165) is 86.3 Å². The van der Waals surface area contributed by atoms with Crippen molar-refractivity contribution in [2.45, 2.75) is 42.1 Å². The van der Waals surface area contributed by atoms with E-state index in [0.29, 0.717) is 30.2 Å². The molecular weight excluding hydrogens is 664 g/mol. The average molecular weight is 701 g/mol. The third-order valence-corrected chi connectivity index (χ3v) is 11.0. The fourth-order valence-corrected chi connectivity index (χ4v) is 8.37. The van der Waals surface area contributed by atoms with Gasteiger partial charge in [0.2, 0.25) is 0 Å². The van der Waals surface area contributed by atoms with Crippen LogP contribution in [0.5, 0.6) is 5.75 Å². The van der Waals surface area contributed by atoms with Crippen LogP contribution in [-0.4, -0.2) is 55.6 Å². The van der Waals surface area contributed by atoms with Gasteiger partial charge in [0.1, 0.15) is 11.4 Å². The Morgan fingerprint density at radius 3 is 2.83 bits per heavy atom. The molecule has 8 bridgehead atoms. The number of aromatic nitrogens is 3. The number of hydrogen-bond acceptors (Lipinski definition) is 8. The number of fused-ring (bicyclic) bond motifs is 7. The van der Waals surface area contributed by atoms with Gasteiger partial charge in [-0.3, -0.25) is 4.68 Å². The number of benzene rings is 2. The summed E-state index contributed by atoms with van der Waals surface area (Å²) in [6.07, 6.45) is 14.8. The summed E-state index contributed by atoms with van der Waals surface area (Å²) < 4.78 is 10.2. The maximum Gasteiger partial charge on any atom is 0.352 e. The third-order valence-electron chi connectivity index (χ3n) is 8.80. The highest BCUT2D eigenvalue weighted by molar-refractivity contribution is 7.99. The average Bonchev–Trinajstić information content (AvgIpc) is 3.58. The molecule has 9 nitrogen and oxygen atoms in total. The van der Waals surface area contributed by atoms with Crippen molar-refractivity contribution in [2.75, 3.05) is 24.2 Å². The fourth-order valence-electron chi connectivity index (χ4n) is 6.55. The molecule has 5 heterocycles. The molecule has 0 saturated carbocycles. The van der Waals surface area contributed by atoms with E-state index in [1.807, 2.05) is 65.6 Å². The van der Waals surface area contributed by atoms with Gasteiger partial charge in [-0.2, -0.15) is 10.2 Å². The van der Waals surface area contributed by atoms with Crippen molar-refractivity contribution >= 4 is 70.0 Å². The number of hydrogen-bond donors (Lipinski definition) is 2. The van der Waals surface area contributed by atoms with Crippen LogP contribution in [0.3, 0.4) is 0 Å². The van der Waals surface area contributed by atoms with Gasteiger partial charge in [0.15, 0.2) is 0 Å². The SMILES string of the molecule is Cn1nc2cc1CSc1cc3c(c(c1)OCCCc1c(C(=O)O)n(C)c4c(c(Cl)ccc14)/C=C1\C=CC=CN1/N=C/CSC2)CCCN3. The minimum Gasteiger partial charge on any atom is -0.493 e. The van der Waals surface area contributed by atoms with Crippen LogP contribution in [0.4, 0.5) is 5.69 Å². The molecule has 2 aromatic heterocycles. The summed E-state index contributed by atoms with van der Waals surface area (Å²) in [5.41, 5.74) is 7.95. The number of nitrogens with one attached hydrogen (secondary N) is 1. The van der Waals surface area contributed by atoms with E-state index < -0.39 is 5.97 Å². The molecule has 12 heteroatoms. The summed E-state index contributed by atoms with van der Waals surface area (Å²) in [6, 6.07) is 10.4. The second-order valence-electron chi connectivity index (χ2n) is 11.9. The predicted molar refractivity (Wildman–Crippen MR) is 197 cm³/mol. The second kappa shape index (κ2) is 14.2. The van der Waals surface area contributed by atoms with Gasteiger partial charge in [0.05, 0.1) is 28.5 Å². The lowest BCUT2D eigenvalue weighted by Gasteiger charge is -2.22.